The molecule has 2 saturated carbocycles. The SMILES string of the molecule is Cc1noc(-c2ccc(-c3ccc(C4(C=O)CC4)cc3)cc2)c1NC(=O)OC1(c2ccccc2)CC1. The summed E-state index contributed by atoms with van der Waals surface area (Å²) in [5.74, 6) is 0.484. The maximum absolute atomic E-state index is 12.8. The van der Waals surface area contributed by atoms with Crippen molar-refractivity contribution in [2.45, 2.75) is 43.6 Å². The van der Waals surface area contributed by atoms with Crippen LogP contribution in [-0.4, -0.2) is 17.5 Å². The average Bonchev–Trinajstić information content (AvgIpc) is 3.85. The molecule has 0 saturated heterocycles. The molecule has 1 amide bonds. The number of anilines is 1. The molecule has 4 aromatic rings. The Morgan fingerprint density at radius 1 is 0.861 bits per heavy atom. The van der Waals surface area contributed by atoms with E-state index in [2.05, 4.69) is 22.6 Å². The van der Waals surface area contributed by atoms with Crippen LogP contribution in [0.4, 0.5) is 10.5 Å². The Labute approximate surface area is 209 Å². The molecular formula is C30H26N2O4. The highest BCUT2D eigenvalue weighted by atomic mass is 16.6. The monoisotopic (exact) mass is 478 g/mol. The topological polar surface area (TPSA) is 81.4 Å². The first-order valence-corrected chi connectivity index (χ1v) is 12.2. The minimum atomic E-state index is -0.557. The Bertz CT molecular complexity index is 1410. The first-order chi connectivity index (χ1) is 17.5. The fourth-order valence-electron chi connectivity index (χ4n) is 4.74. The highest BCUT2D eigenvalue weighted by Gasteiger charge is 2.48. The molecule has 0 spiro atoms. The van der Waals surface area contributed by atoms with Crippen molar-refractivity contribution in [2.75, 3.05) is 5.32 Å². The van der Waals surface area contributed by atoms with E-state index in [4.69, 9.17) is 9.26 Å². The van der Waals surface area contributed by atoms with Crippen molar-refractivity contribution in [3.63, 3.8) is 0 Å². The van der Waals surface area contributed by atoms with Gasteiger partial charge in [0.1, 0.15) is 23.3 Å². The van der Waals surface area contributed by atoms with Crippen LogP contribution in [0.15, 0.2) is 83.4 Å². The molecule has 2 fully saturated rings. The predicted octanol–water partition coefficient (Wildman–Crippen LogP) is 6.79. The third-order valence-electron chi connectivity index (χ3n) is 7.34. The highest BCUT2D eigenvalue weighted by molar-refractivity contribution is 5.91. The number of aryl methyl sites for hydroxylation is 1. The van der Waals surface area contributed by atoms with Crippen molar-refractivity contribution in [3.05, 3.63) is 95.7 Å². The zero-order valence-electron chi connectivity index (χ0n) is 20.0. The van der Waals surface area contributed by atoms with Gasteiger partial charge in [0.15, 0.2) is 5.76 Å². The minimum Gasteiger partial charge on any atom is -0.438 e. The summed E-state index contributed by atoms with van der Waals surface area (Å²) in [5, 5.41) is 6.93. The molecule has 0 unspecified atom stereocenters. The third kappa shape index (κ3) is 3.98. The largest absolute Gasteiger partial charge is 0.438 e. The van der Waals surface area contributed by atoms with Crippen LogP contribution >= 0.6 is 0 Å². The Hall–Kier alpha value is -4.19. The van der Waals surface area contributed by atoms with Crippen molar-refractivity contribution in [1.82, 2.24) is 5.16 Å². The molecule has 180 valence electrons. The number of benzene rings is 3. The molecule has 0 atom stereocenters. The first kappa shape index (κ1) is 22.3. The van der Waals surface area contributed by atoms with Crippen molar-refractivity contribution in [2.24, 2.45) is 0 Å². The Kier molecular flexibility index (Phi) is 5.25. The summed E-state index contributed by atoms with van der Waals surface area (Å²) in [5.41, 5.74) is 5.26. The summed E-state index contributed by atoms with van der Waals surface area (Å²) >= 11 is 0. The van der Waals surface area contributed by atoms with Gasteiger partial charge in [-0.25, -0.2) is 4.79 Å². The zero-order chi connectivity index (χ0) is 24.8. The summed E-state index contributed by atoms with van der Waals surface area (Å²) in [6, 6.07) is 25.9. The van der Waals surface area contributed by atoms with Crippen LogP contribution in [0.5, 0.6) is 0 Å². The van der Waals surface area contributed by atoms with E-state index >= 15 is 0 Å². The molecule has 1 aromatic heterocycles. The number of rotatable bonds is 7. The first-order valence-electron chi connectivity index (χ1n) is 12.2. The molecule has 6 nitrogen and oxygen atoms in total. The summed E-state index contributed by atoms with van der Waals surface area (Å²) in [7, 11) is 0. The lowest BCUT2D eigenvalue weighted by Crippen LogP contribution is -2.22. The second kappa shape index (κ2) is 8.48. The van der Waals surface area contributed by atoms with Gasteiger partial charge in [0.25, 0.3) is 0 Å². The Morgan fingerprint density at radius 3 is 2.06 bits per heavy atom. The fourth-order valence-corrected chi connectivity index (χ4v) is 4.74. The molecule has 2 aliphatic rings. The molecule has 2 aliphatic carbocycles. The van der Waals surface area contributed by atoms with Crippen molar-refractivity contribution in [3.8, 4) is 22.5 Å². The van der Waals surface area contributed by atoms with Gasteiger partial charge >= 0.3 is 6.09 Å². The number of nitrogens with one attached hydrogen (secondary N) is 1. The molecule has 3 aromatic carbocycles. The summed E-state index contributed by atoms with van der Waals surface area (Å²) in [6.07, 6.45) is 4.02. The van der Waals surface area contributed by atoms with Gasteiger partial charge in [0, 0.05) is 5.56 Å². The van der Waals surface area contributed by atoms with Gasteiger partial charge in [0.2, 0.25) is 0 Å². The molecule has 0 aliphatic heterocycles. The molecule has 0 bridgehead atoms. The molecule has 36 heavy (non-hydrogen) atoms. The minimum absolute atomic E-state index is 0.267. The number of aldehydes is 1. The second-order valence-corrected chi connectivity index (χ2v) is 9.78. The van der Waals surface area contributed by atoms with Crippen LogP contribution < -0.4 is 5.32 Å². The number of hydrogen-bond acceptors (Lipinski definition) is 5. The van der Waals surface area contributed by atoms with Gasteiger partial charge < -0.3 is 14.1 Å². The normalized spacial score (nSPS) is 16.7. The molecule has 0 radical (unpaired) electrons. The lowest BCUT2D eigenvalue weighted by Gasteiger charge is -2.17. The molecular weight excluding hydrogens is 452 g/mol. The van der Waals surface area contributed by atoms with Crippen LogP contribution in [0.3, 0.4) is 0 Å². The third-order valence-corrected chi connectivity index (χ3v) is 7.34. The lowest BCUT2D eigenvalue weighted by molar-refractivity contribution is -0.109. The van der Waals surface area contributed by atoms with E-state index in [9.17, 15) is 9.59 Å². The smallest absolute Gasteiger partial charge is 0.412 e. The Morgan fingerprint density at radius 2 is 1.47 bits per heavy atom. The van der Waals surface area contributed by atoms with Crippen molar-refractivity contribution < 1.29 is 18.8 Å². The number of amides is 1. The van der Waals surface area contributed by atoms with Gasteiger partial charge in [0.05, 0.1) is 5.41 Å². The maximum Gasteiger partial charge on any atom is 0.412 e. The number of hydrogen-bond donors (Lipinski definition) is 1. The number of ether oxygens (including phenoxy) is 1. The highest BCUT2D eigenvalue weighted by Crippen LogP contribution is 2.49. The van der Waals surface area contributed by atoms with Crippen LogP contribution in [0.2, 0.25) is 0 Å². The van der Waals surface area contributed by atoms with E-state index in [-0.39, 0.29) is 5.41 Å². The predicted molar refractivity (Wildman–Crippen MR) is 137 cm³/mol. The molecule has 6 heteroatoms. The number of nitrogens with zero attached hydrogens (tertiary/aromatic N) is 1. The lowest BCUT2D eigenvalue weighted by atomic mass is 9.94. The van der Waals surface area contributed by atoms with E-state index < -0.39 is 11.7 Å². The summed E-state index contributed by atoms with van der Waals surface area (Å²) in [6.45, 7) is 1.79. The standard InChI is InChI=1S/C30H26N2O4/c1-20-26(31-28(34)35-30(17-18-30)25-5-3-2-4-6-25)27(36-32-20)23-9-7-21(8-10-23)22-11-13-24(14-12-22)29(19-33)15-16-29/h2-14,19H,15-18H2,1H3,(H,31,34). The quantitative estimate of drug-likeness (QED) is 0.296. The average molecular weight is 479 g/mol. The number of aromatic nitrogens is 1. The van der Waals surface area contributed by atoms with Crippen LogP contribution in [0.25, 0.3) is 22.5 Å². The summed E-state index contributed by atoms with van der Waals surface area (Å²) < 4.78 is 11.4. The van der Waals surface area contributed by atoms with E-state index in [0.29, 0.717) is 17.1 Å². The Balaban J connectivity index is 1.18. The molecule has 1 N–H and O–H groups in total. The van der Waals surface area contributed by atoms with Crippen LogP contribution in [-0.2, 0) is 20.5 Å². The van der Waals surface area contributed by atoms with Crippen molar-refractivity contribution >= 4 is 18.1 Å². The number of carbonyl (C=O) groups excluding carboxylic acids is 2. The zero-order valence-corrected chi connectivity index (χ0v) is 20.0. The van der Waals surface area contributed by atoms with E-state index in [1.54, 1.807) is 6.92 Å². The van der Waals surface area contributed by atoms with E-state index in [1.165, 1.54) is 0 Å². The van der Waals surface area contributed by atoms with Gasteiger partial charge in [-0.05, 0) is 54.9 Å². The van der Waals surface area contributed by atoms with Crippen LogP contribution in [0.1, 0.15) is 42.5 Å². The fraction of sp³-hybridized carbons (Fsp3) is 0.233. The maximum atomic E-state index is 12.8. The van der Waals surface area contributed by atoms with E-state index in [1.807, 2.05) is 66.7 Å². The van der Waals surface area contributed by atoms with Gasteiger partial charge in [-0.3, -0.25) is 5.32 Å². The molecule has 6 rings (SSSR count). The van der Waals surface area contributed by atoms with Crippen molar-refractivity contribution in [1.29, 1.82) is 0 Å². The second-order valence-electron chi connectivity index (χ2n) is 9.78. The van der Waals surface area contributed by atoms with Gasteiger partial charge in [-0.1, -0.05) is 84.0 Å². The van der Waals surface area contributed by atoms with Gasteiger partial charge in [-0.2, -0.15) is 0 Å². The van der Waals surface area contributed by atoms with Gasteiger partial charge in [-0.15, -0.1) is 0 Å². The molecule has 1 heterocycles. The van der Waals surface area contributed by atoms with E-state index in [0.717, 1.165) is 59.8 Å². The van der Waals surface area contributed by atoms with Crippen LogP contribution in [0, 0.1) is 6.92 Å². The summed E-state index contributed by atoms with van der Waals surface area (Å²) in [4.78, 5) is 24.2. The number of carbonyl (C=O) groups is 2.